The lowest BCUT2D eigenvalue weighted by Gasteiger charge is -2.27. The lowest BCUT2D eigenvalue weighted by molar-refractivity contribution is 0.198. The number of aliphatic hydroxyl groups is 1. The van der Waals surface area contributed by atoms with Crippen LogP contribution in [0.25, 0.3) is 0 Å². The Morgan fingerprint density at radius 2 is 2.04 bits per heavy atom. The Morgan fingerprint density at radius 1 is 1.20 bits per heavy atom. The molecule has 0 spiro atoms. The summed E-state index contributed by atoms with van der Waals surface area (Å²) < 4.78 is 1.41. The summed E-state index contributed by atoms with van der Waals surface area (Å²) in [6.07, 6.45) is 13.8. The van der Waals surface area contributed by atoms with Crippen LogP contribution in [0.3, 0.4) is 0 Å². The van der Waals surface area contributed by atoms with E-state index in [1.807, 2.05) is 0 Å². The van der Waals surface area contributed by atoms with Gasteiger partial charge in [-0.05, 0) is 95.7 Å². The number of unbranched alkanes of at least 4 members (excludes halogenated alkanes) is 3. The second kappa shape index (κ2) is 8.71. The van der Waals surface area contributed by atoms with E-state index >= 15 is 0 Å². The molecule has 1 fully saturated rings. The maximum atomic E-state index is 9.56. The standard InChI is InChI=1S/C22H34INO/c1-2-3-4-5-6-16-7-8-17-12-20(21(23)13-19(17)11-16)18-9-10-22(24,14-18)15-25/h12-13,16,18,25H,2-11,14-15,24H2,1H3/t16-,18-,22+/m0/s1. The van der Waals surface area contributed by atoms with Crippen molar-refractivity contribution in [1.82, 2.24) is 0 Å². The number of aliphatic hydroxyl groups excluding tert-OH is 1. The van der Waals surface area contributed by atoms with E-state index in [2.05, 4.69) is 41.6 Å². The number of hydrogen-bond donors (Lipinski definition) is 2. The van der Waals surface area contributed by atoms with E-state index < -0.39 is 0 Å². The lowest BCUT2D eigenvalue weighted by Crippen LogP contribution is -2.40. The summed E-state index contributed by atoms with van der Waals surface area (Å²) in [5.41, 5.74) is 10.6. The van der Waals surface area contributed by atoms with E-state index in [4.69, 9.17) is 5.73 Å². The monoisotopic (exact) mass is 455 g/mol. The average Bonchev–Trinajstić information content (AvgIpc) is 3.01. The van der Waals surface area contributed by atoms with Crippen LogP contribution in [-0.4, -0.2) is 17.3 Å². The molecule has 0 radical (unpaired) electrons. The van der Waals surface area contributed by atoms with E-state index in [0.29, 0.717) is 5.92 Å². The van der Waals surface area contributed by atoms with E-state index in [1.54, 1.807) is 11.1 Å². The van der Waals surface area contributed by atoms with Crippen molar-refractivity contribution < 1.29 is 5.11 Å². The molecule has 3 rings (SSSR count). The molecule has 0 heterocycles. The largest absolute Gasteiger partial charge is 0.394 e. The highest BCUT2D eigenvalue weighted by atomic mass is 127. The van der Waals surface area contributed by atoms with Gasteiger partial charge in [0, 0.05) is 9.11 Å². The van der Waals surface area contributed by atoms with Crippen molar-refractivity contribution >= 4 is 22.6 Å². The minimum absolute atomic E-state index is 0.116. The molecule has 1 aromatic carbocycles. The molecule has 25 heavy (non-hydrogen) atoms. The normalized spacial score (nSPS) is 29.0. The zero-order chi connectivity index (χ0) is 17.9. The van der Waals surface area contributed by atoms with Crippen molar-refractivity contribution in [3.63, 3.8) is 0 Å². The van der Waals surface area contributed by atoms with Gasteiger partial charge in [-0.15, -0.1) is 0 Å². The fraction of sp³-hybridized carbons (Fsp3) is 0.727. The molecule has 3 N–H and O–H groups in total. The average molecular weight is 455 g/mol. The molecule has 1 saturated carbocycles. The van der Waals surface area contributed by atoms with Crippen LogP contribution in [0.1, 0.15) is 87.3 Å². The van der Waals surface area contributed by atoms with Crippen molar-refractivity contribution in [2.45, 2.75) is 89.0 Å². The van der Waals surface area contributed by atoms with Crippen LogP contribution in [0, 0.1) is 9.49 Å². The summed E-state index contributed by atoms with van der Waals surface area (Å²) >= 11 is 2.52. The molecule has 3 heteroatoms. The van der Waals surface area contributed by atoms with Gasteiger partial charge in [-0.3, -0.25) is 0 Å². The minimum Gasteiger partial charge on any atom is -0.394 e. The van der Waals surface area contributed by atoms with Crippen LogP contribution in [-0.2, 0) is 12.8 Å². The molecule has 2 nitrogen and oxygen atoms in total. The molecule has 2 aliphatic carbocycles. The Bertz CT molecular complexity index is 588. The molecule has 0 amide bonds. The van der Waals surface area contributed by atoms with Gasteiger partial charge >= 0.3 is 0 Å². The fourth-order valence-corrected chi connectivity index (χ4v) is 5.83. The van der Waals surface area contributed by atoms with Crippen LogP contribution in [0.2, 0.25) is 0 Å². The number of fused-ring (bicyclic) bond motifs is 1. The number of nitrogens with two attached hydrogens (primary N) is 1. The Morgan fingerprint density at radius 3 is 2.76 bits per heavy atom. The molecule has 0 saturated heterocycles. The Hall–Kier alpha value is -0.130. The predicted octanol–water partition coefficient (Wildman–Crippen LogP) is 5.32. The van der Waals surface area contributed by atoms with Gasteiger partial charge in [-0.2, -0.15) is 0 Å². The summed E-state index contributed by atoms with van der Waals surface area (Å²) in [6, 6.07) is 4.94. The van der Waals surface area contributed by atoms with Crippen LogP contribution in [0.15, 0.2) is 12.1 Å². The summed E-state index contributed by atoms with van der Waals surface area (Å²) in [5.74, 6) is 1.42. The van der Waals surface area contributed by atoms with Crippen molar-refractivity contribution in [3.05, 3.63) is 32.4 Å². The van der Waals surface area contributed by atoms with Crippen molar-refractivity contribution in [2.75, 3.05) is 6.61 Å². The van der Waals surface area contributed by atoms with E-state index in [9.17, 15) is 5.11 Å². The van der Waals surface area contributed by atoms with Gasteiger partial charge in [0.2, 0.25) is 0 Å². The highest BCUT2D eigenvalue weighted by Gasteiger charge is 2.36. The van der Waals surface area contributed by atoms with Crippen molar-refractivity contribution in [3.8, 4) is 0 Å². The highest BCUT2D eigenvalue weighted by molar-refractivity contribution is 14.1. The first-order valence-corrected chi connectivity index (χ1v) is 11.3. The van der Waals surface area contributed by atoms with E-state index in [-0.39, 0.29) is 12.1 Å². The maximum absolute atomic E-state index is 9.56. The molecule has 3 atom stereocenters. The summed E-state index contributed by atoms with van der Waals surface area (Å²) in [7, 11) is 0. The summed E-state index contributed by atoms with van der Waals surface area (Å²) in [6.45, 7) is 2.40. The number of rotatable bonds is 7. The van der Waals surface area contributed by atoms with Gasteiger partial charge in [0.15, 0.2) is 0 Å². The molecule has 140 valence electrons. The molecule has 0 unspecified atom stereocenters. The molecule has 0 aliphatic heterocycles. The third kappa shape index (κ3) is 4.78. The molecule has 1 aromatic rings. The SMILES string of the molecule is CCCCCC[C@H]1CCc2cc([C@H]3CC[C@](N)(CO)C3)c(I)cc2C1. The minimum atomic E-state index is -0.354. The Kier molecular flexibility index (Phi) is 6.83. The molecular formula is C22H34INO. The molecular weight excluding hydrogens is 421 g/mol. The van der Waals surface area contributed by atoms with Crippen LogP contribution >= 0.6 is 22.6 Å². The third-order valence-corrected chi connectivity index (χ3v) is 7.45. The second-order valence-electron chi connectivity index (χ2n) is 8.56. The van der Waals surface area contributed by atoms with Crippen LogP contribution < -0.4 is 5.73 Å². The van der Waals surface area contributed by atoms with Crippen LogP contribution in [0.4, 0.5) is 0 Å². The molecule has 2 aliphatic rings. The summed E-state index contributed by atoms with van der Waals surface area (Å²) in [4.78, 5) is 0. The quantitative estimate of drug-likeness (QED) is 0.432. The predicted molar refractivity (Wildman–Crippen MR) is 114 cm³/mol. The van der Waals surface area contributed by atoms with Crippen molar-refractivity contribution in [1.29, 1.82) is 0 Å². The number of aryl methyl sites for hydroxylation is 1. The summed E-state index contributed by atoms with van der Waals surface area (Å²) in [5, 5.41) is 9.56. The van der Waals surface area contributed by atoms with Gasteiger partial charge in [-0.1, -0.05) is 45.1 Å². The van der Waals surface area contributed by atoms with Gasteiger partial charge in [-0.25, -0.2) is 0 Å². The fourth-order valence-electron chi connectivity index (χ4n) is 4.86. The third-order valence-electron chi connectivity index (χ3n) is 6.51. The first-order chi connectivity index (χ1) is 12.0. The van der Waals surface area contributed by atoms with Gasteiger partial charge in [0.05, 0.1) is 6.61 Å². The highest BCUT2D eigenvalue weighted by Crippen LogP contribution is 2.42. The second-order valence-corrected chi connectivity index (χ2v) is 9.72. The van der Waals surface area contributed by atoms with Crippen molar-refractivity contribution in [2.24, 2.45) is 11.7 Å². The Balaban J connectivity index is 1.65. The maximum Gasteiger partial charge on any atom is 0.0611 e. The topological polar surface area (TPSA) is 46.2 Å². The zero-order valence-corrected chi connectivity index (χ0v) is 17.9. The van der Waals surface area contributed by atoms with E-state index in [0.717, 1.165) is 25.2 Å². The first kappa shape index (κ1) is 19.6. The smallest absolute Gasteiger partial charge is 0.0611 e. The number of benzene rings is 1. The van der Waals surface area contributed by atoms with Gasteiger partial charge in [0.25, 0.3) is 0 Å². The van der Waals surface area contributed by atoms with E-state index in [1.165, 1.54) is 60.5 Å². The van der Waals surface area contributed by atoms with Crippen LogP contribution in [0.5, 0.6) is 0 Å². The molecule has 0 aromatic heterocycles. The number of halogens is 1. The number of hydrogen-bond acceptors (Lipinski definition) is 2. The van der Waals surface area contributed by atoms with Gasteiger partial charge in [0.1, 0.15) is 0 Å². The Labute approximate surface area is 167 Å². The first-order valence-electron chi connectivity index (χ1n) is 10.3. The molecule has 0 bridgehead atoms. The van der Waals surface area contributed by atoms with Gasteiger partial charge < -0.3 is 10.8 Å². The zero-order valence-electron chi connectivity index (χ0n) is 15.7. The lowest BCUT2D eigenvalue weighted by atomic mass is 9.79.